The van der Waals surface area contributed by atoms with Crippen molar-refractivity contribution in [1.29, 1.82) is 0 Å². The molecular weight excluding hydrogens is 326 g/mol. The average molecular weight is 358 g/mol. The first kappa shape index (κ1) is 17.7. The van der Waals surface area contributed by atoms with Gasteiger partial charge in [0.25, 0.3) is 0 Å². The maximum absolute atomic E-state index is 13.2. The van der Waals surface area contributed by atoms with Gasteiger partial charge in [-0.1, -0.05) is 13.8 Å². The van der Waals surface area contributed by atoms with E-state index < -0.39 is 0 Å². The minimum Gasteiger partial charge on any atom is -0.345 e. The minimum atomic E-state index is -0.180. The molecule has 3 fully saturated rings. The van der Waals surface area contributed by atoms with E-state index in [4.69, 9.17) is 0 Å². The number of amides is 1. The number of likely N-dealkylation sites (tertiary alicyclic amines) is 2. The van der Waals surface area contributed by atoms with Gasteiger partial charge in [0.2, 0.25) is 11.9 Å². The van der Waals surface area contributed by atoms with E-state index in [1.807, 2.05) is 30.4 Å². The standard InChI is InChI=1S/C20H31N5O/c1-16(2)13-24-14-19(20(15-24)7-10-23(3)17(20)26)5-11-25(12-6-19)18-21-8-4-9-22-18/h4,8-9,16H,5-7,10-15H2,1-3H3. The van der Waals surface area contributed by atoms with Gasteiger partial charge in [0.05, 0.1) is 5.41 Å². The number of nitrogens with zero attached hydrogens (tertiary/aromatic N) is 5. The van der Waals surface area contributed by atoms with Crippen LogP contribution in [0.25, 0.3) is 0 Å². The number of rotatable bonds is 3. The van der Waals surface area contributed by atoms with Crippen LogP contribution < -0.4 is 4.90 Å². The van der Waals surface area contributed by atoms with Crippen molar-refractivity contribution in [3.8, 4) is 0 Å². The molecule has 0 saturated carbocycles. The van der Waals surface area contributed by atoms with E-state index in [1.54, 1.807) is 0 Å². The summed E-state index contributed by atoms with van der Waals surface area (Å²) in [6.07, 6.45) is 6.74. The topological polar surface area (TPSA) is 52.6 Å². The first-order valence-corrected chi connectivity index (χ1v) is 9.96. The molecule has 1 aromatic heterocycles. The van der Waals surface area contributed by atoms with E-state index >= 15 is 0 Å². The molecule has 6 nitrogen and oxygen atoms in total. The van der Waals surface area contributed by atoms with Crippen LogP contribution in [0.3, 0.4) is 0 Å². The molecule has 0 aliphatic carbocycles. The third kappa shape index (κ3) is 2.70. The molecule has 1 amide bonds. The lowest BCUT2D eigenvalue weighted by Crippen LogP contribution is -2.52. The summed E-state index contributed by atoms with van der Waals surface area (Å²) in [6.45, 7) is 10.4. The Bertz CT molecular complexity index is 655. The van der Waals surface area contributed by atoms with Gasteiger partial charge >= 0.3 is 0 Å². The van der Waals surface area contributed by atoms with Crippen LogP contribution in [0.2, 0.25) is 0 Å². The zero-order valence-electron chi connectivity index (χ0n) is 16.3. The molecule has 4 rings (SSSR count). The van der Waals surface area contributed by atoms with Crippen molar-refractivity contribution in [2.75, 3.05) is 51.2 Å². The quantitative estimate of drug-likeness (QED) is 0.827. The molecule has 142 valence electrons. The Morgan fingerprint density at radius 3 is 2.35 bits per heavy atom. The Labute approximate surface area is 156 Å². The fraction of sp³-hybridized carbons (Fsp3) is 0.750. The van der Waals surface area contributed by atoms with Crippen molar-refractivity contribution in [2.45, 2.75) is 33.1 Å². The van der Waals surface area contributed by atoms with Crippen molar-refractivity contribution >= 4 is 11.9 Å². The predicted molar refractivity (Wildman–Crippen MR) is 102 cm³/mol. The molecule has 26 heavy (non-hydrogen) atoms. The predicted octanol–water partition coefficient (Wildman–Crippen LogP) is 1.88. The van der Waals surface area contributed by atoms with Crippen LogP contribution in [0.1, 0.15) is 33.1 Å². The van der Waals surface area contributed by atoms with E-state index in [0.717, 1.165) is 64.5 Å². The molecule has 3 aliphatic heterocycles. The van der Waals surface area contributed by atoms with Gasteiger partial charge in [-0.15, -0.1) is 0 Å². The largest absolute Gasteiger partial charge is 0.345 e. The fourth-order valence-electron chi connectivity index (χ4n) is 5.63. The third-order valence-corrected chi connectivity index (χ3v) is 6.84. The summed E-state index contributed by atoms with van der Waals surface area (Å²) in [5.74, 6) is 1.84. The van der Waals surface area contributed by atoms with Crippen molar-refractivity contribution < 1.29 is 4.79 Å². The smallest absolute Gasteiger partial charge is 0.230 e. The van der Waals surface area contributed by atoms with Gasteiger partial charge in [0.15, 0.2) is 0 Å². The van der Waals surface area contributed by atoms with Crippen LogP contribution in [-0.4, -0.2) is 72.0 Å². The first-order valence-electron chi connectivity index (χ1n) is 9.96. The second-order valence-electron chi connectivity index (χ2n) is 8.94. The second kappa shape index (κ2) is 6.48. The third-order valence-electron chi connectivity index (χ3n) is 6.84. The van der Waals surface area contributed by atoms with Gasteiger partial charge in [0.1, 0.15) is 0 Å². The number of aromatic nitrogens is 2. The lowest BCUT2D eigenvalue weighted by atomic mass is 9.60. The van der Waals surface area contributed by atoms with Crippen LogP contribution in [0.15, 0.2) is 18.5 Å². The summed E-state index contributed by atoms with van der Waals surface area (Å²) in [7, 11) is 1.98. The highest BCUT2D eigenvalue weighted by Gasteiger charge is 2.64. The van der Waals surface area contributed by atoms with E-state index in [0.29, 0.717) is 11.8 Å². The van der Waals surface area contributed by atoms with Crippen molar-refractivity contribution in [3.63, 3.8) is 0 Å². The maximum Gasteiger partial charge on any atom is 0.230 e. The number of carbonyl (C=O) groups excluding carboxylic acids is 1. The molecular formula is C20H31N5O. The molecule has 3 aliphatic rings. The number of hydrogen-bond acceptors (Lipinski definition) is 5. The Balaban J connectivity index is 1.58. The summed E-state index contributed by atoms with van der Waals surface area (Å²) in [5, 5.41) is 0. The molecule has 0 aromatic carbocycles. The summed E-state index contributed by atoms with van der Waals surface area (Å²) in [5.41, 5.74) is -0.0741. The zero-order valence-corrected chi connectivity index (χ0v) is 16.3. The molecule has 1 aromatic rings. The fourth-order valence-corrected chi connectivity index (χ4v) is 5.63. The van der Waals surface area contributed by atoms with Crippen molar-refractivity contribution in [3.05, 3.63) is 18.5 Å². The first-order chi connectivity index (χ1) is 12.5. The van der Waals surface area contributed by atoms with Crippen LogP contribution in [0.4, 0.5) is 5.95 Å². The van der Waals surface area contributed by atoms with Gasteiger partial charge in [-0.3, -0.25) is 4.79 Å². The molecule has 4 heterocycles. The van der Waals surface area contributed by atoms with Crippen LogP contribution in [0, 0.1) is 16.7 Å². The van der Waals surface area contributed by atoms with Gasteiger partial charge in [-0.05, 0) is 31.2 Å². The molecule has 1 atom stereocenters. The molecule has 0 radical (unpaired) electrons. The number of anilines is 1. The molecule has 0 bridgehead atoms. The second-order valence-corrected chi connectivity index (χ2v) is 8.94. The lowest BCUT2D eigenvalue weighted by Gasteiger charge is -2.47. The molecule has 2 spiro atoms. The molecule has 6 heteroatoms. The number of hydrogen-bond donors (Lipinski definition) is 0. The van der Waals surface area contributed by atoms with E-state index in [2.05, 4.69) is 33.6 Å². The van der Waals surface area contributed by atoms with E-state index in [1.165, 1.54) is 0 Å². The van der Waals surface area contributed by atoms with Crippen LogP contribution in [-0.2, 0) is 4.79 Å². The van der Waals surface area contributed by atoms with E-state index in [9.17, 15) is 4.79 Å². The maximum atomic E-state index is 13.2. The Morgan fingerprint density at radius 2 is 1.77 bits per heavy atom. The van der Waals surface area contributed by atoms with Crippen molar-refractivity contribution in [2.24, 2.45) is 16.7 Å². The van der Waals surface area contributed by atoms with Crippen LogP contribution in [0.5, 0.6) is 0 Å². The number of fused-ring (bicyclic) bond motifs is 1. The van der Waals surface area contributed by atoms with Crippen LogP contribution >= 0.6 is 0 Å². The summed E-state index contributed by atoms with van der Waals surface area (Å²) < 4.78 is 0. The van der Waals surface area contributed by atoms with Gasteiger partial charge in [0, 0.05) is 64.1 Å². The lowest BCUT2D eigenvalue weighted by molar-refractivity contribution is -0.140. The van der Waals surface area contributed by atoms with Gasteiger partial charge < -0.3 is 14.7 Å². The van der Waals surface area contributed by atoms with Gasteiger partial charge in [-0.25, -0.2) is 9.97 Å². The monoisotopic (exact) mass is 357 g/mol. The SMILES string of the molecule is CC(C)CN1CC2(CCN(c3ncccn3)CC2)C2(CCN(C)C2=O)C1. The van der Waals surface area contributed by atoms with E-state index in [-0.39, 0.29) is 10.8 Å². The normalized spacial score (nSPS) is 28.8. The highest BCUT2D eigenvalue weighted by atomic mass is 16.2. The minimum absolute atomic E-state index is 0.106. The average Bonchev–Trinajstić information content (AvgIpc) is 3.08. The Morgan fingerprint density at radius 1 is 1.08 bits per heavy atom. The summed E-state index contributed by atoms with van der Waals surface area (Å²) in [4.78, 5) is 28.9. The number of carbonyl (C=O) groups is 1. The summed E-state index contributed by atoms with van der Waals surface area (Å²) >= 11 is 0. The number of piperidine rings is 1. The molecule has 3 saturated heterocycles. The molecule has 1 unspecified atom stereocenters. The van der Waals surface area contributed by atoms with Crippen molar-refractivity contribution in [1.82, 2.24) is 19.8 Å². The highest BCUT2D eigenvalue weighted by Crippen LogP contribution is 2.57. The summed E-state index contributed by atoms with van der Waals surface area (Å²) in [6, 6.07) is 1.86. The Kier molecular flexibility index (Phi) is 4.41. The van der Waals surface area contributed by atoms with Gasteiger partial charge in [-0.2, -0.15) is 0 Å². The highest BCUT2D eigenvalue weighted by molar-refractivity contribution is 5.86. The zero-order chi connectivity index (χ0) is 18.4. The Hall–Kier alpha value is -1.69. The molecule has 0 N–H and O–H groups in total.